The summed E-state index contributed by atoms with van der Waals surface area (Å²) in [7, 11) is 0. The summed E-state index contributed by atoms with van der Waals surface area (Å²) in [5.74, 6) is 0. The lowest BCUT2D eigenvalue weighted by atomic mass is 9.67. The van der Waals surface area contributed by atoms with Crippen LogP contribution in [0.1, 0.15) is 38.9 Å². The molecule has 9 rings (SSSR count). The van der Waals surface area contributed by atoms with E-state index in [4.69, 9.17) is 0 Å². The molecule has 0 radical (unpaired) electrons. The van der Waals surface area contributed by atoms with Gasteiger partial charge in [0.1, 0.15) is 0 Å². The number of hydrogen-bond donors (Lipinski definition) is 0. The Kier molecular flexibility index (Phi) is 9.53. The number of hydrogen-bond acceptors (Lipinski definition) is 0. The Balaban J connectivity index is 0.000000250. The van der Waals surface area contributed by atoms with Crippen molar-refractivity contribution in [2.24, 2.45) is 0 Å². The summed E-state index contributed by atoms with van der Waals surface area (Å²) in [4.78, 5) is 0. The highest BCUT2D eigenvalue weighted by Gasteiger charge is 2.45. The van der Waals surface area contributed by atoms with Crippen molar-refractivity contribution in [3.05, 3.63) is 250 Å². The molecule has 0 heterocycles. The predicted molar refractivity (Wildman–Crippen MR) is 223 cm³/mol. The molecular formula is C51H39Br. The summed E-state index contributed by atoms with van der Waals surface area (Å²) in [6.45, 7) is 2.11. The van der Waals surface area contributed by atoms with Crippen molar-refractivity contribution in [3.63, 3.8) is 0 Å². The number of aryl methyl sites for hydroxylation is 1. The molecule has 1 heteroatoms. The van der Waals surface area contributed by atoms with Crippen LogP contribution >= 0.6 is 15.9 Å². The lowest BCUT2D eigenvalue weighted by Crippen LogP contribution is -2.28. The van der Waals surface area contributed by atoms with Gasteiger partial charge in [-0.2, -0.15) is 0 Å². The zero-order valence-corrected chi connectivity index (χ0v) is 30.8. The third-order valence-electron chi connectivity index (χ3n) is 10.2. The third-order valence-corrected chi connectivity index (χ3v) is 10.7. The smallest absolute Gasteiger partial charge is 0.0622 e. The number of halogens is 1. The maximum absolute atomic E-state index is 3.60. The van der Waals surface area contributed by atoms with Gasteiger partial charge in [-0.25, -0.2) is 0 Å². The van der Waals surface area contributed by atoms with E-state index in [1.807, 2.05) is 6.07 Å². The van der Waals surface area contributed by atoms with Crippen LogP contribution in [0.2, 0.25) is 0 Å². The minimum Gasteiger partial charge on any atom is -0.0622 e. The fourth-order valence-electron chi connectivity index (χ4n) is 7.70. The van der Waals surface area contributed by atoms with Crippen LogP contribution in [0.25, 0.3) is 33.4 Å². The highest BCUT2D eigenvalue weighted by Crippen LogP contribution is 2.56. The molecule has 1 aliphatic carbocycles. The third kappa shape index (κ3) is 6.57. The molecule has 8 aromatic carbocycles. The van der Waals surface area contributed by atoms with Crippen LogP contribution in [-0.4, -0.2) is 0 Å². The van der Waals surface area contributed by atoms with Crippen molar-refractivity contribution < 1.29 is 0 Å². The molecule has 250 valence electrons. The van der Waals surface area contributed by atoms with E-state index in [-0.39, 0.29) is 5.41 Å². The Morgan fingerprint density at radius 3 is 1.54 bits per heavy atom. The first-order valence-corrected chi connectivity index (χ1v) is 18.7. The van der Waals surface area contributed by atoms with Gasteiger partial charge in [0.25, 0.3) is 0 Å². The van der Waals surface area contributed by atoms with Gasteiger partial charge in [0.2, 0.25) is 0 Å². The molecule has 1 aliphatic rings. The fraction of sp³-hybridized carbons (Fsp3) is 0.0588. The average molecular weight is 732 g/mol. The second-order valence-electron chi connectivity index (χ2n) is 13.5. The van der Waals surface area contributed by atoms with Crippen LogP contribution in [0.4, 0.5) is 0 Å². The van der Waals surface area contributed by atoms with Gasteiger partial charge in [-0.1, -0.05) is 216 Å². The summed E-state index contributed by atoms with van der Waals surface area (Å²) in [6, 6.07) is 74.5. The van der Waals surface area contributed by atoms with E-state index in [1.54, 1.807) is 0 Å². The topological polar surface area (TPSA) is 0 Å². The van der Waals surface area contributed by atoms with Gasteiger partial charge >= 0.3 is 0 Å². The van der Waals surface area contributed by atoms with E-state index >= 15 is 0 Å². The highest BCUT2D eigenvalue weighted by atomic mass is 79.9. The molecule has 0 saturated carbocycles. The average Bonchev–Trinajstić information content (AvgIpc) is 3.50. The SMILES string of the molecule is Brc1cccc(-c2ccc(Cc3ccc4c(c3)C(c3ccccc3)(c3ccccc3)c3ccccc3-4)cc2)c1.Cc1ccc(-c2ccccc2)cc1. The van der Waals surface area contributed by atoms with Crippen molar-refractivity contribution >= 4 is 15.9 Å². The Hall–Kier alpha value is -5.76. The van der Waals surface area contributed by atoms with Crippen molar-refractivity contribution in [3.8, 4) is 33.4 Å². The number of fused-ring (bicyclic) bond motifs is 3. The summed E-state index contributed by atoms with van der Waals surface area (Å²) < 4.78 is 1.10. The predicted octanol–water partition coefficient (Wildman–Crippen LogP) is 13.7. The Morgan fingerprint density at radius 2 is 0.885 bits per heavy atom. The molecular weight excluding hydrogens is 692 g/mol. The Bertz CT molecular complexity index is 2370. The van der Waals surface area contributed by atoms with Crippen LogP contribution in [0, 0.1) is 6.92 Å². The summed E-state index contributed by atoms with van der Waals surface area (Å²) in [5.41, 5.74) is 16.6. The quantitative estimate of drug-likeness (QED) is 0.160. The maximum atomic E-state index is 3.60. The summed E-state index contributed by atoms with van der Waals surface area (Å²) in [6.07, 6.45) is 0.891. The van der Waals surface area contributed by atoms with Crippen LogP contribution < -0.4 is 0 Å². The normalized spacial score (nSPS) is 12.3. The van der Waals surface area contributed by atoms with E-state index in [9.17, 15) is 0 Å². The summed E-state index contributed by atoms with van der Waals surface area (Å²) in [5, 5.41) is 0. The largest absolute Gasteiger partial charge is 0.0713 e. The van der Waals surface area contributed by atoms with E-state index in [0.717, 1.165) is 10.9 Å². The maximum Gasteiger partial charge on any atom is 0.0713 e. The van der Waals surface area contributed by atoms with Crippen LogP contribution in [0.5, 0.6) is 0 Å². The van der Waals surface area contributed by atoms with E-state index in [2.05, 4.69) is 223 Å². The highest BCUT2D eigenvalue weighted by molar-refractivity contribution is 9.10. The van der Waals surface area contributed by atoms with Gasteiger partial charge in [0.05, 0.1) is 5.41 Å². The van der Waals surface area contributed by atoms with Crippen LogP contribution in [0.3, 0.4) is 0 Å². The molecule has 52 heavy (non-hydrogen) atoms. The van der Waals surface area contributed by atoms with Crippen LogP contribution in [0.15, 0.2) is 211 Å². The van der Waals surface area contributed by atoms with Crippen molar-refractivity contribution in [1.29, 1.82) is 0 Å². The van der Waals surface area contributed by atoms with Gasteiger partial charge in [-0.05, 0) is 92.2 Å². The van der Waals surface area contributed by atoms with Gasteiger partial charge in [0, 0.05) is 4.47 Å². The molecule has 0 bridgehead atoms. The van der Waals surface area contributed by atoms with Crippen LogP contribution in [-0.2, 0) is 11.8 Å². The zero-order valence-electron chi connectivity index (χ0n) is 29.2. The Labute approximate surface area is 316 Å². The van der Waals surface area contributed by atoms with Gasteiger partial charge in [-0.15, -0.1) is 0 Å². The standard InChI is InChI=1S/C38H27Br.C13H12/c39-33-15-9-10-30(26-33)29-21-18-27(19-22-29)24-28-20-23-35-34-16-7-8-17-36(34)38(37(35)25-28,31-11-3-1-4-12-31)32-13-5-2-6-14-32;1-11-7-9-13(10-8-11)12-5-3-2-4-6-12/h1-23,25-26H,24H2;2-10H,1H3. The Morgan fingerprint density at radius 1 is 0.385 bits per heavy atom. The minimum absolute atomic E-state index is 0.352. The molecule has 8 aromatic rings. The van der Waals surface area contributed by atoms with Gasteiger partial charge in [0.15, 0.2) is 0 Å². The monoisotopic (exact) mass is 730 g/mol. The van der Waals surface area contributed by atoms with Crippen molar-refractivity contribution in [1.82, 2.24) is 0 Å². The number of benzene rings is 8. The molecule has 0 N–H and O–H groups in total. The first-order valence-electron chi connectivity index (χ1n) is 17.9. The minimum atomic E-state index is -0.352. The summed E-state index contributed by atoms with van der Waals surface area (Å²) >= 11 is 3.60. The lowest BCUT2D eigenvalue weighted by Gasteiger charge is -2.34. The lowest BCUT2D eigenvalue weighted by molar-refractivity contribution is 0.767. The fourth-order valence-corrected chi connectivity index (χ4v) is 8.10. The second kappa shape index (κ2) is 14.8. The van der Waals surface area contributed by atoms with E-state index < -0.39 is 0 Å². The first kappa shape index (κ1) is 33.4. The van der Waals surface area contributed by atoms with Gasteiger partial charge < -0.3 is 0 Å². The van der Waals surface area contributed by atoms with Crippen molar-refractivity contribution in [2.45, 2.75) is 18.8 Å². The zero-order chi connectivity index (χ0) is 35.3. The second-order valence-corrected chi connectivity index (χ2v) is 14.4. The first-order chi connectivity index (χ1) is 25.6. The van der Waals surface area contributed by atoms with E-state index in [0.29, 0.717) is 0 Å². The van der Waals surface area contributed by atoms with Gasteiger partial charge in [-0.3, -0.25) is 0 Å². The molecule has 0 amide bonds. The van der Waals surface area contributed by atoms with Crippen molar-refractivity contribution in [2.75, 3.05) is 0 Å². The molecule has 0 unspecified atom stereocenters. The molecule has 0 nitrogen and oxygen atoms in total. The molecule has 0 saturated heterocycles. The van der Waals surface area contributed by atoms with E-state index in [1.165, 1.54) is 72.3 Å². The number of rotatable bonds is 6. The molecule has 0 spiro atoms. The molecule has 0 aromatic heterocycles. The molecule has 0 fully saturated rings. The molecule has 0 aliphatic heterocycles. The molecule has 0 atom stereocenters.